The molecule has 6 heteroatoms. The SMILES string of the molecule is CCCCCCCCCCCCCCCCCCN(N1CCNCC1)C(C)(O)O.Cl. The average Bonchev–Trinajstić information content (AvgIpc) is 2.70. The molecule has 3 N–H and O–H groups in total. The van der Waals surface area contributed by atoms with Gasteiger partial charge in [-0.2, -0.15) is 5.01 Å². The third-order valence-corrected chi connectivity index (χ3v) is 6.15. The zero-order valence-electron chi connectivity index (χ0n) is 20.0. The molecule has 0 atom stereocenters. The zero-order valence-corrected chi connectivity index (χ0v) is 20.9. The first-order valence-corrected chi connectivity index (χ1v) is 12.7. The van der Waals surface area contributed by atoms with E-state index in [1.54, 1.807) is 5.01 Å². The van der Waals surface area contributed by atoms with Gasteiger partial charge in [-0.25, -0.2) is 5.01 Å². The molecule has 1 rings (SSSR count). The number of rotatable bonds is 19. The van der Waals surface area contributed by atoms with Gasteiger partial charge in [0.05, 0.1) is 0 Å². The maximum Gasteiger partial charge on any atom is 0.234 e. The third-order valence-electron chi connectivity index (χ3n) is 6.15. The normalized spacial score (nSPS) is 15.5. The molecule has 0 unspecified atom stereocenters. The second-order valence-corrected chi connectivity index (χ2v) is 9.10. The standard InChI is InChI=1S/C24H51N3O2.ClH/c1-3-4-5-6-7-8-9-10-11-12-13-14-15-16-17-18-21-27(24(2,28)29)26-22-19-25-20-23-26;/h25,28-29H,3-23H2,1-2H3;1H. The molecule has 30 heavy (non-hydrogen) atoms. The quantitative estimate of drug-likeness (QED) is 0.181. The summed E-state index contributed by atoms with van der Waals surface area (Å²) in [6.45, 7) is 7.98. The van der Waals surface area contributed by atoms with Crippen molar-refractivity contribution in [3.63, 3.8) is 0 Å². The predicted octanol–water partition coefficient (Wildman–Crippen LogP) is 5.45. The molecule has 0 radical (unpaired) electrons. The monoisotopic (exact) mass is 449 g/mol. The van der Waals surface area contributed by atoms with Crippen LogP contribution in [0.15, 0.2) is 0 Å². The van der Waals surface area contributed by atoms with Gasteiger partial charge in [0.2, 0.25) is 5.91 Å². The van der Waals surface area contributed by atoms with Gasteiger partial charge in [-0.3, -0.25) is 0 Å². The van der Waals surface area contributed by atoms with Crippen molar-refractivity contribution >= 4 is 12.4 Å². The highest BCUT2D eigenvalue weighted by Crippen LogP contribution is 2.16. The molecule has 0 bridgehead atoms. The van der Waals surface area contributed by atoms with Crippen LogP contribution in [0, 0.1) is 0 Å². The third kappa shape index (κ3) is 15.8. The molecule has 0 spiro atoms. The second-order valence-electron chi connectivity index (χ2n) is 9.10. The minimum atomic E-state index is -1.76. The van der Waals surface area contributed by atoms with E-state index < -0.39 is 5.91 Å². The fourth-order valence-electron chi connectivity index (χ4n) is 4.33. The van der Waals surface area contributed by atoms with Gasteiger partial charge in [0.15, 0.2) is 0 Å². The highest BCUT2D eigenvalue weighted by molar-refractivity contribution is 5.85. The molecule has 1 saturated heterocycles. The summed E-state index contributed by atoms with van der Waals surface area (Å²) in [5, 5.41) is 27.3. The van der Waals surface area contributed by atoms with Crippen LogP contribution in [0.4, 0.5) is 0 Å². The molecule has 0 aromatic heterocycles. The van der Waals surface area contributed by atoms with Gasteiger partial charge in [0.1, 0.15) is 0 Å². The van der Waals surface area contributed by atoms with Crippen molar-refractivity contribution in [2.75, 3.05) is 32.7 Å². The minimum absolute atomic E-state index is 0. The molecule has 0 aromatic rings. The first kappa shape index (κ1) is 30.1. The van der Waals surface area contributed by atoms with Gasteiger partial charge in [0, 0.05) is 39.6 Å². The topological polar surface area (TPSA) is 59.0 Å². The molecule has 1 fully saturated rings. The summed E-state index contributed by atoms with van der Waals surface area (Å²) in [5.74, 6) is -1.76. The molecule has 0 amide bonds. The Labute approximate surface area is 193 Å². The Morgan fingerprint density at radius 1 is 0.700 bits per heavy atom. The maximum absolute atomic E-state index is 10.1. The van der Waals surface area contributed by atoms with Crippen molar-refractivity contribution < 1.29 is 10.2 Å². The Bertz CT molecular complexity index is 361. The lowest BCUT2D eigenvalue weighted by Crippen LogP contribution is -2.60. The van der Waals surface area contributed by atoms with Crippen LogP contribution < -0.4 is 5.32 Å². The van der Waals surface area contributed by atoms with E-state index in [0.29, 0.717) is 0 Å². The van der Waals surface area contributed by atoms with Crippen LogP contribution in [-0.4, -0.2) is 58.9 Å². The number of unbranched alkanes of at least 4 members (excludes halogenated alkanes) is 15. The molecule has 1 aliphatic rings. The lowest BCUT2D eigenvalue weighted by Gasteiger charge is -2.43. The molecule has 0 aliphatic carbocycles. The lowest BCUT2D eigenvalue weighted by atomic mass is 10.0. The number of nitrogens with zero attached hydrogens (tertiary/aromatic N) is 2. The highest BCUT2D eigenvalue weighted by atomic mass is 35.5. The van der Waals surface area contributed by atoms with Crippen LogP contribution in [0.1, 0.15) is 117 Å². The van der Waals surface area contributed by atoms with Crippen molar-refractivity contribution in [3.05, 3.63) is 0 Å². The Morgan fingerprint density at radius 3 is 1.43 bits per heavy atom. The largest absolute Gasteiger partial charge is 0.353 e. The fraction of sp³-hybridized carbons (Fsp3) is 1.00. The highest BCUT2D eigenvalue weighted by Gasteiger charge is 2.31. The van der Waals surface area contributed by atoms with E-state index in [9.17, 15) is 10.2 Å². The van der Waals surface area contributed by atoms with E-state index in [4.69, 9.17) is 0 Å². The summed E-state index contributed by atoms with van der Waals surface area (Å²) in [4.78, 5) is 0. The van der Waals surface area contributed by atoms with Gasteiger partial charge in [-0.15, -0.1) is 12.4 Å². The summed E-state index contributed by atoms with van der Waals surface area (Å²) in [7, 11) is 0. The van der Waals surface area contributed by atoms with Gasteiger partial charge in [-0.05, 0) is 6.42 Å². The van der Waals surface area contributed by atoms with Crippen molar-refractivity contribution in [1.82, 2.24) is 15.3 Å². The number of aliphatic hydroxyl groups is 2. The lowest BCUT2D eigenvalue weighted by molar-refractivity contribution is -0.316. The van der Waals surface area contributed by atoms with Crippen molar-refractivity contribution in [3.8, 4) is 0 Å². The average molecular weight is 450 g/mol. The van der Waals surface area contributed by atoms with Crippen LogP contribution in [0.3, 0.4) is 0 Å². The molecular formula is C24H52ClN3O2. The molecule has 0 saturated carbocycles. The number of hydrogen-bond acceptors (Lipinski definition) is 5. The van der Waals surface area contributed by atoms with Gasteiger partial charge < -0.3 is 15.5 Å². The summed E-state index contributed by atoms with van der Waals surface area (Å²) in [5.41, 5.74) is 0. The van der Waals surface area contributed by atoms with Crippen LogP contribution >= 0.6 is 12.4 Å². The minimum Gasteiger partial charge on any atom is -0.353 e. The van der Waals surface area contributed by atoms with Crippen LogP contribution in [0.25, 0.3) is 0 Å². The van der Waals surface area contributed by atoms with E-state index >= 15 is 0 Å². The summed E-state index contributed by atoms with van der Waals surface area (Å²) in [6.07, 6.45) is 21.7. The Hall–Kier alpha value is 0.0900. The van der Waals surface area contributed by atoms with Crippen LogP contribution in [0.5, 0.6) is 0 Å². The van der Waals surface area contributed by atoms with E-state index in [2.05, 4.69) is 17.2 Å². The predicted molar refractivity (Wildman–Crippen MR) is 131 cm³/mol. The molecule has 1 aliphatic heterocycles. The first-order chi connectivity index (χ1) is 14.1. The molecule has 182 valence electrons. The van der Waals surface area contributed by atoms with E-state index in [1.165, 1.54) is 103 Å². The van der Waals surface area contributed by atoms with Gasteiger partial charge >= 0.3 is 0 Å². The van der Waals surface area contributed by atoms with Crippen molar-refractivity contribution in [1.29, 1.82) is 0 Å². The Kier molecular flexibility index (Phi) is 19.8. The Morgan fingerprint density at radius 2 is 1.07 bits per heavy atom. The van der Waals surface area contributed by atoms with Crippen molar-refractivity contribution in [2.24, 2.45) is 0 Å². The maximum atomic E-state index is 10.1. The molecule has 5 nitrogen and oxygen atoms in total. The first-order valence-electron chi connectivity index (χ1n) is 12.7. The number of nitrogens with one attached hydrogen (secondary N) is 1. The Balaban J connectivity index is 0.00000841. The number of hydrogen-bond donors (Lipinski definition) is 3. The summed E-state index contributed by atoms with van der Waals surface area (Å²) < 4.78 is 0. The van der Waals surface area contributed by atoms with Crippen LogP contribution in [-0.2, 0) is 0 Å². The summed E-state index contributed by atoms with van der Waals surface area (Å²) >= 11 is 0. The van der Waals surface area contributed by atoms with Gasteiger partial charge in [-0.1, -0.05) is 103 Å². The zero-order chi connectivity index (χ0) is 21.2. The van der Waals surface area contributed by atoms with E-state index in [1.807, 2.05) is 0 Å². The number of piperazine rings is 1. The van der Waals surface area contributed by atoms with E-state index in [-0.39, 0.29) is 12.4 Å². The molecule has 0 aromatic carbocycles. The summed E-state index contributed by atoms with van der Waals surface area (Å²) in [6, 6.07) is 0. The van der Waals surface area contributed by atoms with E-state index in [0.717, 1.165) is 39.1 Å². The fourth-order valence-corrected chi connectivity index (χ4v) is 4.33. The smallest absolute Gasteiger partial charge is 0.234 e. The van der Waals surface area contributed by atoms with Crippen LogP contribution in [0.2, 0.25) is 0 Å². The number of hydrazine groups is 1. The number of halogens is 1. The molecular weight excluding hydrogens is 398 g/mol. The molecule has 1 heterocycles. The van der Waals surface area contributed by atoms with Gasteiger partial charge in [0.25, 0.3) is 0 Å². The van der Waals surface area contributed by atoms with Crippen molar-refractivity contribution in [2.45, 2.75) is 122 Å². The second kappa shape index (κ2) is 19.8.